The Kier molecular flexibility index (Phi) is 4.54. The molecule has 1 amide bonds. The summed E-state index contributed by atoms with van der Waals surface area (Å²) in [4.78, 5) is 25.2. The van der Waals surface area contributed by atoms with Crippen molar-refractivity contribution in [3.8, 4) is 0 Å². The van der Waals surface area contributed by atoms with E-state index in [0.29, 0.717) is 18.1 Å². The molecular formula is C13H21NO3S. The molecule has 0 spiro atoms. The van der Waals surface area contributed by atoms with Crippen molar-refractivity contribution in [3.05, 3.63) is 0 Å². The first kappa shape index (κ1) is 13.7. The number of rotatable bonds is 4. The Hall–Kier alpha value is -0.710. The van der Waals surface area contributed by atoms with Crippen LogP contribution in [-0.2, 0) is 9.59 Å². The van der Waals surface area contributed by atoms with Crippen molar-refractivity contribution in [3.63, 3.8) is 0 Å². The van der Waals surface area contributed by atoms with E-state index >= 15 is 0 Å². The molecule has 1 N–H and O–H groups in total. The third-order valence-corrected chi connectivity index (χ3v) is 5.41. The molecule has 5 heteroatoms. The van der Waals surface area contributed by atoms with E-state index in [4.69, 9.17) is 0 Å². The third kappa shape index (κ3) is 2.82. The number of amides is 1. The Bertz CT molecular complexity index is 328. The van der Waals surface area contributed by atoms with Crippen LogP contribution in [0.2, 0.25) is 0 Å². The third-order valence-electron chi connectivity index (χ3n) is 3.95. The van der Waals surface area contributed by atoms with Crippen molar-refractivity contribution in [2.45, 2.75) is 56.9 Å². The van der Waals surface area contributed by atoms with Gasteiger partial charge in [-0.05, 0) is 25.2 Å². The van der Waals surface area contributed by atoms with E-state index in [-0.39, 0.29) is 11.3 Å². The molecule has 2 rings (SSSR count). The highest BCUT2D eigenvalue weighted by atomic mass is 32.2. The van der Waals surface area contributed by atoms with Crippen molar-refractivity contribution >= 4 is 23.6 Å². The quantitative estimate of drug-likeness (QED) is 0.852. The molecule has 2 unspecified atom stereocenters. The van der Waals surface area contributed by atoms with Gasteiger partial charge in [-0.15, -0.1) is 11.8 Å². The molecule has 1 saturated carbocycles. The van der Waals surface area contributed by atoms with Crippen molar-refractivity contribution in [2.75, 3.05) is 5.75 Å². The van der Waals surface area contributed by atoms with Gasteiger partial charge >= 0.3 is 5.97 Å². The second-order valence-electron chi connectivity index (χ2n) is 5.21. The zero-order valence-electron chi connectivity index (χ0n) is 10.8. The van der Waals surface area contributed by atoms with Crippen LogP contribution in [0.4, 0.5) is 0 Å². The first-order valence-electron chi connectivity index (χ1n) is 6.79. The maximum absolute atomic E-state index is 12.3. The monoisotopic (exact) mass is 271 g/mol. The van der Waals surface area contributed by atoms with E-state index in [1.165, 1.54) is 12.8 Å². The SMILES string of the molecule is CCC1SCC(C(=O)O)N1C(=O)CC1CCCC1. The molecule has 4 nitrogen and oxygen atoms in total. The van der Waals surface area contributed by atoms with Crippen LogP contribution in [0.25, 0.3) is 0 Å². The van der Waals surface area contributed by atoms with Gasteiger partial charge in [-0.3, -0.25) is 4.79 Å². The summed E-state index contributed by atoms with van der Waals surface area (Å²) in [6.45, 7) is 2.01. The first-order chi connectivity index (χ1) is 8.63. The summed E-state index contributed by atoms with van der Waals surface area (Å²) in [5, 5.41) is 9.26. The predicted octanol–water partition coefficient (Wildman–Crippen LogP) is 2.33. The normalized spacial score (nSPS) is 28.8. The number of carboxylic acids is 1. The maximum atomic E-state index is 12.3. The Morgan fingerprint density at radius 1 is 1.33 bits per heavy atom. The van der Waals surface area contributed by atoms with Crippen molar-refractivity contribution in [1.82, 2.24) is 4.90 Å². The van der Waals surface area contributed by atoms with Crippen LogP contribution < -0.4 is 0 Å². The smallest absolute Gasteiger partial charge is 0.327 e. The van der Waals surface area contributed by atoms with Gasteiger partial charge in [0.15, 0.2) is 0 Å². The van der Waals surface area contributed by atoms with Crippen molar-refractivity contribution in [1.29, 1.82) is 0 Å². The summed E-state index contributed by atoms with van der Waals surface area (Å²) in [7, 11) is 0. The highest BCUT2D eigenvalue weighted by Gasteiger charge is 2.41. The van der Waals surface area contributed by atoms with Gasteiger partial charge in [-0.2, -0.15) is 0 Å². The van der Waals surface area contributed by atoms with Gasteiger partial charge in [0.05, 0.1) is 5.37 Å². The first-order valence-corrected chi connectivity index (χ1v) is 7.84. The Labute approximate surface area is 112 Å². The van der Waals surface area contributed by atoms with E-state index in [1.54, 1.807) is 16.7 Å². The van der Waals surface area contributed by atoms with E-state index in [1.807, 2.05) is 6.92 Å². The van der Waals surface area contributed by atoms with Gasteiger partial charge in [0.25, 0.3) is 0 Å². The van der Waals surface area contributed by atoms with Crippen LogP contribution in [0.15, 0.2) is 0 Å². The fraction of sp³-hybridized carbons (Fsp3) is 0.846. The van der Waals surface area contributed by atoms with Gasteiger partial charge in [0.2, 0.25) is 5.91 Å². The molecule has 0 radical (unpaired) electrons. The minimum Gasteiger partial charge on any atom is -0.480 e. The van der Waals surface area contributed by atoms with E-state index < -0.39 is 12.0 Å². The highest BCUT2D eigenvalue weighted by molar-refractivity contribution is 8.00. The minimum absolute atomic E-state index is 0.0474. The molecule has 2 fully saturated rings. The second kappa shape index (κ2) is 5.95. The predicted molar refractivity (Wildman–Crippen MR) is 71.4 cm³/mol. The molecule has 102 valence electrons. The van der Waals surface area contributed by atoms with Crippen LogP contribution in [0.5, 0.6) is 0 Å². The lowest BCUT2D eigenvalue weighted by atomic mass is 10.0. The fourth-order valence-electron chi connectivity index (χ4n) is 2.97. The van der Waals surface area contributed by atoms with Crippen molar-refractivity contribution < 1.29 is 14.7 Å². The molecule has 2 aliphatic rings. The van der Waals surface area contributed by atoms with Crippen LogP contribution in [0.3, 0.4) is 0 Å². The summed E-state index contributed by atoms with van der Waals surface area (Å²) < 4.78 is 0. The number of carbonyl (C=O) groups excluding carboxylic acids is 1. The molecule has 18 heavy (non-hydrogen) atoms. The number of hydrogen-bond donors (Lipinski definition) is 1. The summed E-state index contributed by atoms with van der Waals surface area (Å²) >= 11 is 1.60. The Morgan fingerprint density at radius 3 is 2.56 bits per heavy atom. The number of hydrogen-bond acceptors (Lipinski definition) is 3. The number of thioether (sulfide) groups is 1. The molecule has 1 heterocycles. The lowest BCUT2D eigenvalue weighted by Gasteiger charge is -2.27. The molecule has 0 aromatic carbocycles. The number of carboxylic acid groups (broad SMARTS) is 1. The molecule has 0 aromatic heterocycles. The van der Waals surface area contributed by atoms with Crippen LogP contribution >= 0.6 is 11.8 Å². The molecule has 0 aromatic rings. The number of aliphatic carboxylic acids is 1. The zero-order chi connectivity index (χ0) is 13.1. The van der Waals surface area contributed by atoms with Crippen LogP contribution in [-0.4, -0.2) is 39.1 Å². The van der Waals surface area contributed by atoms with Gasteiger partial charge in [-0.25, -0.2) is 4.79 Å². The van der Waals surface area contributed by atoms with E-state index in [9.17, 15) is 14.7 Å². The molecule has 1 aliphatic carbocycles. The number of nitrogens with zero attached hydrogens (tertiary/aromatic N) is 1. The highest BCUT2D eigenvalue weighted by Crippen LogP contribution is 2.34. The standard InChI is InChI=1S/C13H21NO3S/c1-2-12-14(10(8-18-12)13(16)17)11(15)7-9-5-3-4-6-9/h9-10,12H,2-8H2,1H3,(H,16,17). The van der Waals surface area contributed by atoms with E-state index in [2.05, 4.69) is 0 Å². The minimum atomic E-state index is -0.863. The molecule has 1 aliphatic heterocycles. The van der Waals surface area contributed by atoms with Crippen LogP contribution in [0.1, 0.15) is 45.4 Å². The molecular weight excluding hydrogens is 250 g/mol. The Morgan fingerprint density at radius 2 is 2.00 bits per heavy atom. The largest absolute Gasteiger partial charge is 0.480 e. The maximum Gasteiger partial charge on any atom is 0.327 e. The fourth-order valence-corrected chi connectivity index (χ4v) is 4.34. The van der Waals surface area contributed by atoms with Gasteiger partial charge < -0.3 is 10.0 Å². The van der Waals surface area contributed by atoms with Crippen molar-refractivity contribution in [2.24, 2.45) is 5.92 Å². The van der Waals surface area contributed by atoms with Gasteiger partial charge in [0.1, 0.15) is 6.04 Å². The van der Waals surface area contributed by atoms with Gasteiger partial charge in [0, 0.05) is 12.2 Å². The second-order valence-corrected chi connectivity index (χ2v) is 6.42. The average Bonchev–Trinajstić information content (AvgIpc) is 2.95. The average molecular weight is 271 g/mol. The zero-order valence-corrected chi connectivity index (χ0v) is 11.6. The summed E-state index contributed by atoms with van der Waals surface area (Å²) in [6.07, 6.45) is 6.05. The molecule has 2 atom stereocenters. The van der Waals surface area contributed by atoms with Gasteiger partial charge in [-0.1, -0.05) is 19.8 Å². The van der Waals surface area contributed by atoms with Crippen LogP contribution in [0, 0.1) is 5.92 Å². The molecule has 0 bridgehead atoms. The molecule has 1 saturated heterocycles. The topological polar surface area (TPSA) is 57.6 Å². The summed E-state index contributed by atoms with van der Waals surface area (Å²) in [6, 6.07) is -0.617. The summed E-state index contributed by atoms with van der Waals surface area (Å²) in [5.41, 5.74) is 0. The number of carbonyl (C=O) groups is 2. The Balaban J connectivity index is 2.01. The summed E-state index contributed by atoms with van der Waals surface area (Å²) in [5.74, 6) is 0.198. The lowest BCUT2D eigenvalue weighted by molar-refractivity contribution is -0.149. The lowest BCUT2D eigenvalue weighted by Crippen LogP contribution is -2.45. The van der Waals surface area contributed by atoms with E-state index in [0.717, 1.165) is 19.3 Å².